The van der Waals surface area contributed by atoms with E-state index < -0.39 is 0 Å². The van der Waals surface area contributed by atoms with Gasteiger partial charge >= 0.3 is 0 Å². The van der Waals surface area contributed by atoms with E-state index >= 15 is 0 Å². The fourth-order valence-corrected chi connectivity index (χ4v) is 2.88. The molecule has 0 bridgehead atoms. The number of benzene rings is 2. The molecule has 3 aromatic rings. The molecule has 2 aromatic carbocycles. The van der Waals surface area contributed by atoms with Gasteiger partial charge in [0.15, 0.2) is 0 Å². The molecule has 1 aromatic heterocycles. The molecule has 1 amide bonds. The molecule has 0 aliphatic rings. The first-order chi connectivity index (χ1) is 13.1. The van der Waals surface area contributed by atoms with Gasteiger partial charge in [-0.05, 0) is 36.4 Å². The van der Waals surface area contributed by atoms with Crippen LogP contribution in [-0.2, 0) is 4.79 Å². The SMILES string of the molecule is COc1ccc(NC(=O)CSc2nnc(-c3ccc(Cl)cc3)o2)c(OC)c1. The summed E-state index contributed by atoms with van der Waals surface area (Å²) in [6.45, 7) is 0. The number of ether oxygens (including phenoxy) is 2. The van der Waals surface area contributed by atoms with Gasteiger partial charge in [0.05, 0.1) is 25.7 Å². The Balaban J connectivity index is 1.59. The fourth-order valence-electron chi connectivity index (χ4n) is 2.19. The van der Waals surface area contributed by atoms with E-state index in [1.165, 1.54) is 7.11 Å². The largest absolute Gasteiger partial charge is 0.497 e. The minimum absolute atomic E-state index is 0.109. The normalized spacial score (nSPS) is 10.5. The molecule has 0 aliphatic heterocycles. The van der Waals surface area contributed by atoms with E-state index in [0.29, 0.717) is 33.3 Å². The first-order valence-electron chi connectivity index (χ1n) is 7.83. The standard InChI is InChI=1S/C18H16ClN3O4S/c1-24-13-7-8-14(15(9-13)25-2)20-16(23)10-27-18-22-21-17(26-18)11-3-5-12(19)6-4-11/h3-9H,10H2,1-2H3,(H,20,23). The number of rotatable bonds is 7. The van der Waals surface area contributed by atoms with Crippen molar-refractivity contribution in [2.45, 2.75) is 5.22 Å². The van der Waals surface area contributed by atoms with Crippen LogP contribution in [0.4, 0.5) is 5.69 Å². The maximum Gasteiger partial charge on any atom is 0.277 e. The number of carbonyl (C=O) groups excluding carboxylic acids is 1. The second-order valence-corrected chi connectivity index (χ2v) is 6.65. The Morgan fingerprint density at radius 1 is 1.15 bits per heavy atom. The number of methoxy groups -OCH3 is 2. The van der Waals surface area contributed by atoms with Crippen LogP contribution in [0.2, 0.25) is 5.02 Å². The van der Waals surface area contributed by atoms with Gasteiger partial charge in [-0.25, -0.2) is 0 Å². The van der Waals surface area contributed by atoms with Gasteiger partial charge < -0.3 is 19.2 Å². The number of amides is 1. The molecule has 9 heteroatoms. The van der Waals surface area contributed by atoms with Gasteiger partial charge in [-0.2, -0.15) is 0 Å². The Labute approximate surface area is 165 Å². The van der Waals surface area contributed by atoms with E-state index in [0.717, 1.165) is 17.3 Å². The van der Waals surface area contributed by atoms with Crippen molar-refractivity contribution in [2.75, 3.05) is 25.3 Å². The molecule has 0 aliphatic carbocycles. The summed E-state index contributed by atoms with van der Waals surface area (Å²) >= 11 is 7.01. The average molecular weight is 406 g/mol. The van der Waals surface area contributed by atoms with E-state index in [2.05, 4.69) is 15.5 Å². The minimum atomic E-state index is -0.227. The topological polar surface area (TPSA) is 86.5 Å². The predicted octanol–water partition coefficient (Wildman–Crippen LogP) is 4.14. The number of halogens is 1. The molecule has 0 unspecified atom stereocenters. The van der Waals surface area contributed by atoms with E-state index in [4.69, 9.17) is 25.5 Å². The third-order valence-electron chi connectivity index (χ3n) is 3.51. The van der Waals surface area contributed by atoms with Crippen molar-refractivity contribution < 1.29 is 18.7 Å². The Morgan fingerprint density at radius 3 is 2.63 bits per heavy atom. The summed E-state index contributed by atoms with van der Waals surface area (Å²) in [6, 6.07) is 12.2. The number of anilines is 1. The molecule has 27 heavy (non-hydrogen) atoms. The van der Waals surface area contributed by atoms with E-state index in [1.54, 1.807) is 49.6 Å². The van der Waals surface area contributed by atoms with Gasteiger partial charge in [0.1, 0.15) is 11.5 Å². The second-order valence-electron chi connectivity index (χ2n) is 5.28. The maximum atomic E-state index is 12.2. The molecular weight excluding hydrogens is 390 g/mol. The van der Waals surface area contributed by atoms with Crippen LogP contribution >= 0.6 is 23.4 Å². The van der Waals surface area contributed by atoms with Gasteiger partial charge in [0, 0.05) is 16.7 Å². The van der Waals surface area contributed by atoms with Gasteiger partial charge in [-0.1, -0.05) is 23.4 Å². The van der Waals surface area contributed by atoms with E-state index in [1.807, 2.05) is 0 Å². The highest BCUT2D eigenvalue weighted by atomic mass is 35.5. The molecule has 1 N–H and O–H groups in total. The molecule has 0 saturated heterocycles. The highest BCUT2D eigenvalue weighted by Crippen LogP contribution is 2.29. The summed E-state index contributed by atoms with van der Waals surface area (Å²) in [4.78, 5) is 12.2. The quantitative estimate of drug-likeness (QED) is 0.591. The van der Waals surface area contributed by atoms with Crippen LogP contribution in [0.1, 0.15) is 0 Å². The zero-order chi connectivity index (χ0) is 19.2. The molecule has 3 rings (SSSR count). The van der Waals surface area contributed by atoms with Crippen molar-refractivity contribution >= 4 is 35.0 Å². The molecular formula is C18H16ClN3O4S. The number of hydrogen-bond acceptors (Lipinski definition) is 7. The lowest BCUT2D eigenvalue weighted by molar-refractivity contribution is -0.113. The summed E-state index contributed by atoms with van der Waals surface area (Å²) in [6.07, 6.45) is 0. The van der Waals surface area contributed by atoms with E-state index in [9.17, 15) is 4.79 Å². The smallest absolute Gasteiger partial charge is 0.277 e. The third kappa shape index (κ3) is 4.93. The number of thioether (sulfide) groups is 1. The van der Waals surface area contributed by atoms with Crippen molar-refractivity contribution in [1.29, 1.82) is 0 Å². The summed E-state index contributed by atoms with van der Waals surface area (Å²) in [5, 5.41) is 11.6. The lowest BCUT2D eigenvalue weighted by atomic mass is 10.2. The first-order valence-corrected chi connectivity index (χ1v) is 9.19. The average Bonchev–Trinajstić information content (AvgIpc) is 3.16. The first kappa shape index (κ1) is 19.1. The van der Waals surface area contributed by atoms with Crippen molar-refractivity contribution in [1.82, 2.24) is 10.2 Å². The Hall–Kier alpha value is -2.71. The molecule has 0 atom stereocenters. The molecule has 7 nitrogen and oxygen atoms in total. The van der Waals surface area contributed by atoms with Crippen LogP contribution in [0.5, 0.6) is 11.5 Å². The Kier molecular flexibility index (Phi) is 6.20. The monoisotopic (exact) mass is 405 g/mol. The Morgan fingerprint density at radius 2 is 1.93 bits per heavy atom. The second kappa shape index (κ2) is 8.79. The number of aromatic nitrogens is 2. The molecule has 0 fully saturated rings. The molecule has 140 valence electrons. The molecule has 1 heterocycles. The van der Waals surface area contributed by atoms with Crippen molar-refractivity contribution in [3.63, 3.8) is 0 Å². The van der Waals surface area contributed by atoms with Crippen molar-refractivity contribution in [3.8, 4) is 23.0 Å². The van der Waals surface area contributed by atoms with Crippen LogP contribution in [0.15, 0.2) is 52.1 Å². The zero-order valence-electron chi connectivity index (χ0n) is 14.6. The summed E-state index contributed by atoms with van der Waals surface area (Å²) in [5.41, 5.74) is 1.31. The lowest BCUT2D eigenvalue weighted by Crippen LogP contribution is -2.14. The van der Waals surface area contributed by atoms with Gasteiger partial charge in [-0.15, -0.1) is 10.2 Å². The molecule has 0 radical (unpaired) electrons. The fraction of sp³-hybridized carbons (Fsp3) is 0.167. The highest BCUT2D eigenvalue weighted by Gasteiger charge is 2.13. The molecule has 0 saturated carbocycles. The van der Waals surface area contributed by atoms with Crippen molar-refractivity contribution in [3.05, 3.63) is 47.5 Å². The summed E-state index contributed by atoms with van der Waals surface area (Å²) < 4.78 is 16.0. The number of nitrogens with one attached hydrogen (secondary N) is 1. The number of nitrogens with zero attached hydrogens (tertiary/aromatic N) is 2. The molecule has 0 spiro atoms. The Bertz CT molecular complexity index is 931. The third-order valence-corrected chi connectivity index (χ3v) is 4.58. The van der Waals surface area contributed by atoms with Gasteiger partial charge in [0.25, 0.3) is 5.22 Å². The predicted molar refractivity (Wildman–Crippen MR) is 104 cm³/mol. The van der Waals surface area contributed by atoms with Crippen molar-refractivity contribution in [2.24, 2.45) is 0 Å². The summed E-state index contributed by atoms with van der Waals surface area (Å²) in [5.74, 6) is 1.40. The number of carbonyl (C=O) groups is 1. The minimum Gasteiger partial charge on any atom is -0.497 e. The maximum absolute atomic E-state index is 12.2. The van der Waals surface area contributed by atoms with Crippen LogP contribution < -0.4 is 14.8 Å². The van der Waals surface area contributed by atoms with Crippen LogP contribution in [0.25, 0.3) is 11.5 Å². The highest BCUT2D eigenvalue weighted by molar-refractivity contribution is 7.99. The lowest BCUT2D eigenvalue weighted by Gasteiger charge is -2.11. The van der Waals surface area contributed by atoms with Gasteiger partial charge in [-0.3, -0.25) is 4.79 Å². The van der Waals surface area contributed by atoms with Crippen LogP contribution in [-0.4, -0.2) is 36.1 Å². The van der Waals surface area contributed by atoms with Crippen LogP contribution in [0.3, 0.4) is 0 Å². The van der Waals surface area contributed by atoms with Gasteiger partial charge in [0.2, 0.25) is 11.8 Å². The van der Waals surface area contributed by atoms with Crippen LogP contribution in [0, 0.1) is 0 Å². The zero-order valence-corrected chi connectivity index (χ0v) is 16.1. The number of hydrogen-bond donors (Lipinski definition) is 1. The van der Waals surface area contributed by atoms with E-state index in [-0.39, 0.29) is 11.7 Å². The summed E-state index contributed by atoms with van der Waals surface area (Å²) in [7, 11) is 3.09.